The monoisotopic (exact) mass is 539 g/mol. The molecule has 1 aromatic carbocycles. The molecular weight excluding hydrogens is 505 g/mol. The van der Waals surface area contributed by atoms with Gasteiger partial charge in [-0.2, -0.15) is 0 Å². The molecule has 0 aliphatic heterocycles. The van der Waals surface area contributed by atoms with Crippen LogP contribution < -0.4 is 10.6 Å². The first-order valence-electron chi connectivity index (χ1n) is 9.93. The molecule has 1 aliphatic carbocycles. The maximum atomic E-state index is 12.3. The van der Waals surface area contributed by atoms with E-state index < -0.39 is 21.6 Å². The van der Waals surface area contributed by atoms with Crippen LogP contribution in [-0.4, -0.2) is 50.3 Å². The van der Waals surface area contributed by atoms with E-state index in [1.54, 1.807) is 0 Å². The van der Waals surface area contributed by atoms with Crippen molar-refractivity contribution in [1.82, 2.24) is 10.6 Å². The molecule has 4 atom stereocenters. The molecule has 8 heteroatoms. The van der Waals surface area contributed by atoms with E-state index in [-0.39, 0.29) is 24.0 Å². The van der Waals surface area contributed by atoms with Gasteiger partial charge in [0.05, 0.1) is 6.54 Å². The third kappa shape index (κ3) is 9.35. The summed E-state index contributed by atoms with van der Waals surface area (Å²) in [4.78, 5) is 4.60. The second-order valence-electron chi connectivity index (χ2n) is 6.83. The van der Waals surface area contributed by atoms with Crippen LogP contribution in [0.15, 0.2) is 35.3 Å². The zero-order chi connectivity index (χ0) is 19.5. The van der Waals surface area contributed by atoms with Crippen molar-refractivity contribution in [2.24, 2.45) is 4.99 Å². The van der Waals surface area contributed by atoms with Gasteiger partial charge in [0.1, 0.15) is 0 Å². The van der Waals surface area contributed by atoms with Crippen molar-refractivity contribution in [2.75, 3.05) is 24.6 Å². The van der Waals surface area contributed by atoms with Crippen molar-refractivity contribution in [3.05, 3.63) is 35.9 Å². The number of nitrogens with one attached hydrogen (secondary N) is 2. The van der Waals surface area contributed by atoms with E-state index in [1.807, 2.05) is 44.2 Å². The van der Waals surface area contributed by atoms with Crippen molar-refractivity contribution >= 4 is 51.5 Å². The van der Waals surface area contributed by atoms with Crippen LogP contribution in [0, 0.1) is 0 Å². The number of guanidine groups is 1. The highest BCUT2D eigenvalue weighted by molar-refractivity contribution is 14.0. The van der Waals surface area contributed by atoms with E-state index in [9.17, 15) is 8.42 Å². The lowest BCUT2D eigenvalue weighted by molar-refractivity contribution is 0.413. The van der Waals surface area contributed by atoms with E-state index >= 15 is 0 Å². The summed E-state index contributed by atoms with van der Waals surface area (Å²) in [5, 5.41) is 7.06. The number of hydrogen-bond acceptors (Lipinski definition) is 3. The van der Waals surface area contributed by atoms with E-state index in [1.165, 1.54) is 0 Å². The summed E-state index contributed by atoms with van der Waals surface area (Å²) in [6.45, 7) is 5.36. The average Bonchev–Trinajstić information content (AvgIpc) is 2.68. The molecule has 0 amide bonds. The Bertz CT molecular complexity index is 644. The van der Waals surface area contributed by atoms with Gasteiger partial charge in [0.15, 0.2) is 5.96 Å². The molecule has 0 bridgehead atoms. The lowest BCUT2D eigenvalue weighted by Gasteiger charge is -2.30. The molecule has 0 radical (unpaired) electrons. The summed E-state index contributed by atoms with van der Waals surface area (Å²) in [5.74, 6) is 2.65. The predicted molar refractivity (Wildman–Crippen MR) is 132 cm³/mol. The van der Waals surface area contributed by atoms with Crippen LogP contribution in [0.4, 0.5) is 0 Å². The quantitative estimate of drug-likeness (QED) is 0.287. The van der Waals surface area contributed by atoms with E-state index in [0.717, 1.165) is 49.5 Å². The van der Waals surface area contributed by atoms with E-state index in [4.69, 9.17) is 0 Å². The zero-order valence-electron chi connectivity index (χ0n) is 16.9. The minimum atomic E-state index is -0.914. The van der Waals surface area contributed by atoms with Gasteiger partial charge in [-0.1, -0.05) is 43.7 Å². The first kappa shape index (κ1) is 25.6. The fraction of sp³-hybridized carbons (Fsp3) is 0.650. The lowest BCUT2D eigenvalue weighted by Crippen LogP contribution is -2.46. The van der Waals surface area contributed by atoms with Gasteiger partial charge >= 0.3 is 0 Å². The summed E-state index contributed by atoms with van der Waals surface area (Å²) in [6.07, 6.45) is 4.19. The number of aliphatic imine (C=N–C) groups is 1. The highest BCUT2D eigenvalue weighted by atomic mass is 127. The summed E-state index contributed by atoms with van der Waals surface area (Å²) >= 11 is 0. The zero-order valence-corrected chi connectivity index (χ0v) is 20.9. The maximum absolute atomic E-state index is 12.3. The van der Waals surface area contributed by atoms with Crippen LogP contribution in [0.5, 0.6) is 0 Å². The smallest absolute Gasteiger partial charge is 0.191 e. The Morgan fingerprint density at radius 3 is 2.61 bits per heavy atom. The van der Waals surface area contributed by atoms with Crippen LogP contribution >= 0.6 is 24.0 Å². The normalized spacial score (nSPS) is 22.0. The predicted octanol–water partition coefficient (Wildman–Crippen LogP) is 3.19. The second-order valence-corrected chi connectivity index (χ2v) is 10.4. The SMILES string of the molecule is CCNC(=NCCS(=O)Cc1ccccc1)NC1CCCC(S(=O)CC)C1.I. The molecule has 0 saturated heterocycles. The Hall–Kier alpha value is -0.480. The number of rotatable bonds is 9. The Balaban J connectivity index is 0.00000392. The van der Waals surface area contributed by atoms with Gasteiger partial charge in [0, 0.05) is 56.7 Å². The fourth-order valence-corrected chi connectivity index (χ4v) is 5.71. The molecule has 1 saturated carbocycles. The molecule has 4 unspecified atom stereocenters. The number of hydrogen-bond donors (Lipinski definition) is 2. The summed E-state index contributed by atoms with van der Waals surface area (Å²) in [7, 11) is -1.64. The fourth-order valence-electron chi connectivity index (χ4n) is 3.36. The minimum Gasteiger partial charge on any atom is -0.357 e. The standard InChI is InChI=1S/C20H33N3O2S2.HI/c1-3-21-20(23-18-11-8-12-19(15-18)27(25)4-2)22-13-14-26(24)16-17-9-6-5-7-10-17;/h5-7,9-10,18-19H,3-4,8,11-16H2,1-2H3,(H2,21,22,23);1H. The van der Waals surface area contributed by atoms with E-state index in [2.05, 4.69) is 15.6 Å². The molecule has 1 fully saturated rings. The summed E-state index contributed by atoms with van der Waals surface area (Å²) in [5.41, 5.74) is 1.10. The van der Waals surface area contributed by atoms with Gasteiger partial charge in [-0.05, 0) is 31.7 Å². The molecule has 0 heterocycles. The van der Waals surface area contributed by atoms with Gasteiger partial charge in [-0.15, -0.1) is 24.0 Å². The highest BCUT2D eigenvalue weighted by Gasteiger charge is 2.26. The van der Waals surface area contributed by atoms with Crippen molar-refractivity contribution < 1.29 is 8.42 Å². The second kappa shape index (κ2) is 14.5. The highest BCUT2D eigenvalue weighted by Crippen LogP contribution is 2.22. The first-order valence-corrected chi connectivity index (χ1v) is 12.8. The van der Waals surface area contributed by atoms with Crippen LogP contribution in [0.3, 0.4) is 0 Å². The molecule has 1 aromatic rings. The number of nitrogens with zero attached hydrogens (tertiary/aromatic N) is 1. The van der Waals surface area contributed by atoms with Crippen molar-refractivity contribution in [3.8, 4) is 0 Å². The van der Waals surface area contributed by atoms with Gasteiger partial charge in [-0.3, -0.25) is 13.4 Å². The van der Waals surface area contributed by atoms with Gasteiger partial charge in [0.2, 0.25) is 0 Å². The van der Waals surface area contributed by atoms with Crippen molar-refractivity contribution in [1.29, 1.82) is 0 Å². The molecule has 160 valence electrons. The number of benzene rings is 1. The number of halogens is 1. The third-order valence-corrected chi connectivity index (χ3v) is 7.76. The molecule has 2 rings (SSSR count). The Labute approximate surface area is 191 Å². The van der Waals surface area contributed by atoms with Crippen molar-refractivity contribution in [3.63, 3.8) is 0 Å². The minimum absolute atomic E-state index is 0. The van der Waals surface area contributed by atoms with Gasteiger partial charge in [-0.25, -0.2) is 0 Å². The largest absolute Gasteiger partial charge is 0.357 e. The molecular formula is C20H34IN3O2S2. The summed E-state index contributed by atoms with van der Waals surface area (Å²) in [6, 6.07) is 10.2. The van der Waals surface area contributed by atoms with E-state index in [0.29, 0.717) is 29.3 Å². The molecule has 0 aromatic heterocycles. The van der Waals surface area contributed by atoms with Crippen LogP contribution in [0.2, 0.25) is 0 Å². The van der Waals surface area contributed by atoms with Crippen LogP contribution in [0.25, 0.3) is 0 Å². The molecule has 2 N–H and O–H groups in total. The third-order valence-electron chi connectivity index (χ3n) is 4.73. The first-order chi connectivity index (χ1) is 13.1. The van der Waals surface area contributed by atoms with Crippen LogP contribution in [0.1, 0.15) is 45.1 Å². The molecule has 0 spiro atoms. The lowest BCUT2D eigenvalue weighted by atomic mass is 9.95. The Kier molecular flexibility index (Phi) is 13.2. The van der Waals surface area contributed by atoms with Crippen LogP contribution in [-0.2, 0) is 27.4 Å². The van der Waals surface area contributed by atoms with Gasteiger partial charge in [0.25, 0.3) is 0 Å². The summed E-state index contributed by atoms with van der Waals surface area (Å²) < 4.78 is 24.4. The molecule has 28 heavy (non-hydrogen) atoms. The van der Waals surface area contributed by atoms with Gasteiger partial charge < -0.3 is 10.6 Å². The maximum Gasteiger partial charge on any atom is 0.191 e. The molecule has 1 aliphatic rings. The molecule has 5 nitrogen and oxygen atoms in total. The van der Waals surface area contributed by atoms with Crippen molar-refractivity contribution in [2.45, 2.75) is 56.6 Å². The Morgan fingerprint density at radius 1 is 1.18 bits per heavy atom. The Morgan fingerprint density at radius 2 is 1.93 bits per heavy atom. The average molecular weight is 540 g/mol. The topological polar surface area (TPSA) is 70.6 Å².